The number of carbonyl (C=O) groups excluding carboxylic acids is 1. The fraction of sp³-hybridized carbons (Fsp3) is 0.250. The number of nitrogens with zero attached hydrogens (tertiary/aromatic N) is 2. The van der Waals surface area contributed by atoms with Crippen LogP contribution < -0.4 is 10.6 Å². The normalized spacial score (nSPS) is 10.1. The molecule has 1 aromatic carbocycles. The van der Waals surface area contributed by atoms with Crippen LogP contribution in [-0.2, 0) is 11.3 Å². The summed E-state index contributed by atoms with van der Waals surface area (Å²) in [6.07, 6.45) is 0. The Morgan fingerprint density at radius 1 is 1.33 bits per heavy atom. The Morgan fingerprint density at radius 2 is 2.11 bits per heavy atom. The van der Waals surface area contributed by atoms with Crippen molar-refractivity contribution in [2.75, 3.05) is 10.6 Å². The summed E-state index contributed by atoms with van der Waals surface area (Å²) in [6.45, 7) is 3.67. The van der Waals surface area contributed by atoms with Gasteiger partial charge in [-0.1, -0.05) is 6.07 Å². The second-order valence-corrected chi connectivity index (χ2v) is 3.83. The highest BCUT2D eigenvalue weighted by Crippen LogP contribution is 2.15. The van der Waals surface area contributed by atoms with Crippen molar-refractivity contribution in [3.05, 3.63) is 36.0 Å². The van der Waals surface area contributed by atoms with Gasteiger partial charge in [-0.05, 0) is 18.2 Å². The van der Waals surface area contributed by atoms with Gasteiger partial charge in [-0.2, -0.15) is 0 Å². The predicted molar refractivity (Wildman–Crippen MR) is 67.1 cm³/mol. The van der Waals surface area contributed by atoms with Crippen LogP contribution in [0.5, 0.6) is 0 Å². The van der Waals surface area contributed by atoms with E-state index in [4.69, 9.17) is 4.42 Å². The van der Waals surface area contributed by atoms with Crippen LogP contribution in [0.25, 0.3) is 0 Å². The number of nitrogens with one attached hydrogen (secondary N) is 2. The van der Waals surface area contributed by atoms with Gasteiger partial charge < -0.3 is 15.1 Å². The number of aryl methyl sites for hydroxylation is 1. The smallest absolute Gasteiger partial charge is 0.235 e. The Bertz CT molecular complexity index is 551. The Balaban J connectivity index is 1.98. The number of benzene rings is 1. The monoisotopic (exact) mass is 246 g/mol. The summed E-state index contributed by atoms with van der Waals surface area (Å²) in [5.41, 5.74) is 1.62. The van der Waals surface area contributed by atoms with Gasteiger partial charge >= 0.3 is 0 Å². The van der Waals surface area contributed by atoms with Crippen molar-refractivity contribution < 1.29 is 9.21 Å². The summed E-state index contributed by atoms with van der Waals surface area (Å²) in [7, 11) is 0. The van der Waals surface area contributed by atoms with Gasteiger partial charge in [0, 0.05) is 25.2 Å². The second kappa shape index (κ2) is 5.31. The number of anilines is 2. The van der Waals surface area contributed by atoms with E-state index in [-0.39, 0.29) is 5.91 Å². The van der Waals surface area contributed by atoms with Crippen LogP contribution in [0, 0.1) is 6.92 Å². The number of hydrogen-bond donors (Lipinski definition) is 2. The first-order valence-corrected chi connectivity index (χ1v) is 5.54. The number of hydrogen-bond acceptors (Lipinski definition) is 5. The number of amides is 1. The van der Waals surface area contributed by atoms with Gasteiger partial charge in [0.05, 0.1) is 6.54 Å². The Kier molecular flexibility index (Phi) is 3.57. The molecule has 0 aliphatic carbocycles. The van der Waals surface area contributed by atoms with Gasteiger partial charge in [-0.15, -0.1) is 10.2 Å². The number of carbonyl (C=O) groups is 1. The van der Waals surface area contributed by atoms with E-state index in [1.54, 1.807) is 6.92 Å². The first-order valence-electron chi connectivity index (χ1n) is 5.54. The predicted octanol–water partition coefficient (Wildman–Crippen LogP) is 1.95. The molecule has 6 heteroatoms. The average Bonchev–Trinajstić information content (AvgIpc) is 2.72. The van der Waals surface area contributed by atoms with E-state index in [0.29, 0.717) is 18.3 Å². The molecule has 0 bridgehead atoms. The van der Waals surface area contributed by atoms with Crippen LogP contribution in [0.4, 0.5) is 11.4 Å². The number of rotatable bonds is 4. The molecule has 6 nitrogen and oxygen atoms in total. The van der Waals surface area contributed by atoms with E-state index in [2.05, 4.69) is 20.8 Å². The van der Waals surface area contributed by atoms with Gasteiger partial charge in [-0.25, -0.2) is 0 Å². The molecular weight excluding hydrogens is 232 g/mol. The maximum Gasteiger partial charge on any atom is 0.235 e. The van der Waals surface area contributed by atoms with Crippen LogP contribution >= 0.6 is 0 Å². The SMILES string of the molecule is CC(=O)Nc1cccc(NCc2nnc(C)o2)c1. The lowest BCUT2D eigenvalue weighted by molar-refractivity contribution is -0.114. The summed E-state index contributed by atoms with van der Waals surface area (Å²) in [4.78, 5) is 10.9. The van der Waals surface area contributed by atoms with Crippen LogP contribution in [0.2, 0.25) is 0 Å². The van der Waals surface area contributed by atoms with E-state index < -0.39 is 0 Å². The molecular formula is C12H14N4O2. The fourth-order valence-electron chi connectivity index (χ4n) is 1.50. The van der Waals surface area contributed by atoms with Crippen LogP contribution in [-0.4, -0.2) is 16.1 Å². The summed E-state index contributed by atoms with van der Waals surface area (Å²) in [5, 5.41) is 13.5. The van der Waals surface area contributed by atoms with E-state index in [9.17, 15) is 4.79 Å². The molecule has 0 radical (unpaired) electrons. The molecule has 0 atom stereocenters. The zero-order valence-electron chi connectivity index (χ0n) is 10.2. The minimum Gasteiger partial charge on any atom is -0.424 e. The van der Waals surface area contributed by atoms with E-state index in [1.807, 2.05) is 24.3 Å². The highest BCUT2D eigenvalue weighted by Gasteiger charge is 2.02. The summed E-state index contributed by atoms with van der Waals surface area (Å²) < 4.78 is 5.25. The second-order valence-electron chi connectivity index (χ2n) is 3.83. The number of aromatic nitrogens is 2. The van der Waals surface area contributed by atoms with Crippen molar-refractivity contribution in [1.82, 2.24) is 10.2 Å². The third-order valence-corrected chi connectivity index (χ3v) is 2.19. The molecule has 2 rings (SSSR count). The lowest BCUT2D eigenvalue weighted by atomic mass is 10.2. The van der Waals surface area contributed by atoms with E-state index >= 15 is 0 Å². The van der Waals surface area contributed by atoms with Crippen molar-refractivity contribution in [2.24, 2.45) is 0 Å². The zero-order valence-corrected chi connectivity index (χ0v) is 10.2. The Hall–Kier alpha value is -2.37. The third kappa shape index (κ3) is 3.31. The first-order chi connectivity index (χ1) is 8.63. The molecule has 1 amide bonds. The highest BCUT2D eigenvalue weighted by atomic mass is 16.4. The molecule has 0 aliphatic rings. The zero-order chi connectivity index (χ0) is 13.0. The van der Waals surface area contributed by atoms with Crippen LogP contribution in [0.3, 0.4) is 0 Å². The molecule has 2 aromatic rings. The quantitative estimate of drug-likeness (QED) is 0.861. The standard InChI is InChI=1S/C12H14N4O2/c1-8(17)14-11-5-3-4-10(6-11)13-7-12-16-15-9(2)18-12/h3-6,13H,7H2,1-2H3,(H,14,17). The van der Waals surface area contributed by atoms with Gasteiger partial charge in [0.15, 0.2) is 0 Å². The van der Waals surface area contributed by atoms with E-state index in [0.717, 1.165) is 11.4 Å². The van der Waals surface area contributed by atoms with Crippen molar-refractivity contribution in [3.8, 4) is 0 Å². The maximum atomic E-state index is 10.9. The molecule has 0 saturated heterocycles. The van der Waals surface area contributed by atoms with Gasteiger partial charge in [-0.3, -0.25) is 4.79 Å². The molecule has 0 unspecified atom stereocenters. The highest BCUT2D eigenvalue weighted by molar-refractivity contribution is 5.89. The Morgan fingerprint density at radius 3 is 2.78 bits per heavy atom. The fourth-order valence-corrected chi connectivity index (χ4v) is 1.50. The van der Waals surface area contributed by atoms with Crippen molar-refractivity contribution in [3.63, 3.8) is 0 Å². The average molecular weight is 246 g/mol. The van der Waals surface area contributed by atoms with Gasteiger partial charge in [0.25, 0.3) is 0 Å². The molecule has 1 heterocycles. The minimum absolute atomic E-state index is 0.0975. The van der Waals surface area contributed by atoms with Crippen molar-refractivity contribution >= 4 is 17.3 Å². The molecule has 0 spiro atoms. The van der Waals surface area contributed by atoms with Gasteiger partial charge in [0.1, 0.15) is 0 Å². The van der Waals surface area contributed by atoms with E-state index in [1.165, 1.54) is 6.92 Å². The summed E-state index contributed by atoms with van der Waals surface area (Å²) in [6, 6.07) is 7.41. The largest absolute Gasteiger partial charge is 0.424 e. The molecule has 18 heavy (non-hydrogen) atoms. The topological polar surface area (TPSA) is 80.0 Å². The minimum atomic E-state index is -0.0975. The molecule has 2 N–H and O–H groups in total. The molecule has 0 aliphatic heterocycles. The molecule has 0 fully saturated rings. The lowest BCUT2D eigenvalue weighted by Crippen LogP contribution is -2.06. The molecule has 1 aromatic heterocycles. The van der Waals surface area contributed by atoms with Crippen LogP contribution in [0.1, 0.15) is 18.7 Å². The molecule has 0 saturated carbocycles. The molecule has 94 valence electrons. The van der Waals surface area contributed by atoms with Crippen molar-refractivity contribution in [2.45, 2.75) is 20.4 Å². The lowest BCUT2D eigenvalue weighted by Gasteiger charge is -2.06. The van der Waals surface area contributed by atoms with Crippen LogP contribution in [0.15, 0.2) is 28.7 Å². The Labute approximate surface area is 104 Å². The third-order valence-electron chi connectivity index (χ3n) is 2.19. The van der Waals surface area contributed by atoms with Gasteiger partial charge in [0.2, 0.25) is 17.7 Å². The summed E-state index contributed by atoms with van der Waals surface area (Å²) in [5.74, 6) is 0.968. The maximum absolute atomic E-state index is 10.9. The summed E-state index contributed by atoms with van der Waals surface area (Å²) >= 11 is 0. The first kappa shape index (κ1) is 12.1. The van der Waals surface area contributed by atoms with Crippen molar-refractivity contribution in [1.29, 1.82) is 0 Å².